The van der Waals surface area contributed by atoms with Gasteiger partial charge in [0.05, 0.1) is 12.1 Å². The lowest BCUT2D eigenvalue weighted by Gasteiger charge is -2.41. The number of nitrogens with one attached hydrogen (secondary N) is 6. The highest BCUT2D eigenvalue weighted by atomic mass is 16.6. The summed E-state index contributed by atoms with van der Waals surface area (Å²) in [4.78, 5) is 174. The second kappa shape index (κ2) is 39.6. The quantitative estimate of drug-likeness (QED) is 0.0412. The standard InChI is InChI=1S/C65H118N12O15/c1-26-28-29-41(13)53(80)52(57(84)70-44(27-2)59(86)72(20)35-49(78)79)77(25)63(90)51(40(11)12)76(24)61(88)48(34-38(7)8)75(23)60(87)47(33-37(5)6)74(22)58(85)43(15)69-54(81)42(14)68-56(83)46(32-36(3)4)73(21)62(89)50(39(9)10)71-55(82)45(66-19)30-31-67-64(91)92-65(16,17)18/h26,28,36-48,50-53,66,80H,27,29-35H2,1-25H3,(H,67,91)(H,68,83)(H,69,81)(H,70,84)(H,71,82)(H,78,79)/t41-,42+,43-,44+,45+,46+,47+,48+,50+,51+,52+,53-/m1/s1. The van der Waals surface area contributed by atoms with Crippen molar-refractivity contribution >= 4 is 71.1 Å². The van der Waals surface area contributed by atoms with Crippen molar-refractivity contribution < 1.29 is 72.5 Å². The van der Waals surface area contributed by atoms with Crippen molar-refractivity contribution in [3.63, 3.8) is 0 Å². The fraction of sp³-hybridized carbons (Fsp3) is 0.785. The first-order chi connectivity index (χ1) is 42.3. The number of carboxylic acid groups (broad SMARTS) is 1. The van der Waals surface area contributed by atoms with Gasteiger partial charge in [-0.3, -0.25) is 52.7 Å². The van der Waals surface area contributed by atoms with E-state index in [1.165, 1.54) is 75.7 Å². The molecule has 528 valence electrons. The minimum Gasteiger partial charge on any atom is -0.480 e. The first kappa shape index (κ1) is 85.1. The van der Waals surface area contributed by atoms with Crippen LogP contribution in [0, 0.1) is 35.5 Å². The molecule has 0 aliphatic rings. The lowest BCUT2D eigenvalue weighted by atomic mass is 9.91. The number of nitrogens with zero attached hydrogens (tertiary/aromatic N) is 6. The van der Waals surface area contributed by atoms with Gasteiger partial charge < -0.3 is 76.3 Å². The van der Waals surface area contributed by atoms with E-state index < -0.39 is 168 Å². The minimum atomic E-state index is -1.60. The SMILES string of the molecule is CC=CC[C@@H](C)[C@@H](O)[C@@H](C(=O)N[C@@H](CC)C(=O)N(C)CC(=O)O)N(C)C(=O)[C@H](C(C)C)N(C)C(=O)[C@H](CC(C)C)N(C)C(=O)[C@H](CC(C)C)N(C)C(=O)[C@@H](C)NC(=O)[C@H](C)NC(=O)[C@H](CC(C)C)N(C)C(=O)[C@@H](NC(=O)[C@H](CCNC(=O)OC(C)(C)C)NC)C(C)C. The normalized spacial score (nSPS) is 15.7. The molecule has 0 spiro atoms. The summed E-state index contributed by atoms with van der Waals surface area (Å²) in [5, 5.41) is 37.5. The highest BCUT2D eigenvalue weighted by molar-refractivity contribution is 5.99. The molecule has 92 heavy (non-hydrogen) atoms. The van der Waals surface area contributed by atoms with Gasteiger partial charge in [-0.25, -0.2) is 4.79 Å². The van der Waals surface area contributed by atoms with Crippen molar-refractivity contribution in [1.29, 1.82) is 0 Å². The molecule has 0 bridgehead atoms. The van der Waals surface area contributed by atoms with Crippen molar-refractivity contribution in [3.8, 4) is 0 Å². The first-order valence-corrected chi connectivity index (χ1v) is 32.3. The van der Waals surface area contributed by atoms with Crippen LogP contribution in [0.3, 0.4) is 0 Å². The molecule has 0 aromatic rings. The second-order valence-corrected chi connectivity index (χ2v) is 27.4. The van der Waals surface area contributed by atoms with Crippen LogP contribution in [-0.2, 0) is 57.5 Å². The molecular weight excluding hydrogens is 1190 g/mol. The van der Waals surface area contributed by atoms with Gasteiger partial charge in [0.2, 0.25) is 59.1 Å². The maximum absolute atomic E-state index is 15.1. The summed E-state index contributed by atoms with van der Waals surface area (Å²) in [6.45, 7) is 30.6. The van der Waals surface area contributed by atoms with Gasteiger partial charge in [-0.1, -0.05) is 95.2 Å². The Kier molecular flexibility index (Phi) is 36.6. The number of hydrogen-bond acceptors (Lipinski definition) is 15. The van der Waals surface area contributed by atoms with Crippen LogP contribution in [-0.4, -0.2) is 245 Å². The number of aliphatic hydroxyl groups excluding tert-OH is 1. The molecule has 0 aromatic carbocycles. The maximum Gasteiger partial charge on any atom is 0.407 e. The predicted octanol–water partition coefficient (Wildman–Crippen LogP) is 2.97. The monoisotopic (exact) mass is 1310 g/mol. The molecule has 27 heteroatoms. The summed E-state index contributed by atoms with van der Waals surface area (Å²) < 4.78 is 5.28. The van der Waals surface area contributed by atoms with Crippen LogP contribution in [0.15, 0.2) is 12.2 Å². The Morgan fingerprint density at radius 2 is 0.989 bits per heavy atom. The number of aliphatic hydroxyl groups is 1. The van der Waals surface area contributed by atoms with Crippen molar-refractivity contribution in [3.05, 3.63) is 12.2 Å². The Morgan fingerprint density at radius 1 is 0.522 bits per heavy atom. The molecule has 0 unspecified atom stereocenters. The number of alkyl carbamates (subject to hydrolysis) is 1. The Labute approximate surface area is 548 Å². The zero-order valence-corrected chi connectivity index (χ0v) is 60.0. The summed E-state index contributed by atoms with van der Waals surface area (Å²) in [5.41, 5.74) is -0.719. The smallest absolute Gasteiger partial charge is 0.407 e. The van der Waals surface area contributed by atoms with E-state index >= 15 is 4.79 Å². The summed E-state index contributed by atoms with van der Waals surface area (Å²) in [6.07, 6.45) is 2.36. The molecule has 11 amide bonds. The Morgan fingerprint density at radius 3 is 1.43 bits per heavy atom. The average molecular weight is 1310 g/mol. The number of allylic oxidation sites excluding steroid dienone is 2. The van der Waals surface area contributed by atoms with E-state index in [0.29, 0.717) is 6.42 Å². The van der Waals surface area contributed by atoms with Crippen molar-refractivity contribution in [2.75, 3.05) is 62.4 Å². The first-order valence-electron chi connectivity index (χ1n) is 32.3. The van der Waals surface area contributed by atoms with Gasteiger partial charge in [-0.15, -0.1) is 0 Å². The number of carbonyl (C=O) groups excluding carboxylic acids is 11. The number of hydrogen-bond donors (Lipinski definition) is 8. The van der Waals surface area contributed by atoms with E-state index in [0.717, 1.165) is 9.80 Å². The van der Waals surface area contributed by atoms with Crippen LogP contribution in [0.25, 0.3) is 0 Å². The van der Waals surface area contributed by atoms with Gasteiger partial charge in [0.25, 0.3) is 0 Å². The number of amides is 11. The number of carboxylic acids is 1. The van der Waals surface area contributed by atoms with Gasteiger partial charge in [-0.2, -0.15) is 0 Å². The van der Waals surface area contributed by atoms with E-state index in [1.807, 2.05) is 41.5 Å². The maximum atomic E-state index is 15.1. The highest BCUT2D eigenvalue weighted by Gasteiger charge is 2.45. The minimum absolute atomic E-state index is 0.0497. The zero-order valence-electron chi connectivity index (χ0n) is 60.0. The molecule has 0 aliphatic heterocycles. The molecule has 0 saturated heterocycles. The summed E-state index contributed by atoms with van der Waals surface area (Å²) >= 11 is 0. The third-order valence-electron chi connectivity index (χ3n) is 16.0. The predicted molar refractivity (Wildman–Crippen MR) is 352 cm³/mol. The van der Waals surface area contributed by atoms with Gasteiger partial charge >= 0.3 is 12.1 Å². The van der Waals surface area contributed by atoms with E-state index in [4.69, 9.17) is 4.74 Å². The molecule has 0 heterocycles. The number of carbonyl (C=O) groups is 12. The molecule has 8 N–H and O–H groups in total. The molecule has 12 atom stereocenters. The van der Waals surface area contributed by atoms with E-state index in [9.17, 15) is 63.0 Å². The Bertz CT molecular complexity index is 2500. The van der Waals surface area contributed by atoms with Crippen LogP contribution >= 0.6 is 0 Å². The topological polar surface area (TPSA) is 346 Å². The van der Waals surface area contributed by atoms with Crippen LogP contribution in [0.1, 0.15) is 163 Å². The number of rotatable bonds is 38. The Balaban J connectivity index is 6.87. The molecule has 0 saturated carbocycles. The second-order valence-electron chi connectivity index (χ2n) is 27.4. The molecule has 0 fully saturated rings. The van der Waals surface area contributed by atoms with Crippen LogP contribution in [0.2, 0.25) is 0 Å². The van der Waals surface area contributed by atoms with Crippen LogP contribution in [0.5, 0.6) is 0 Å². The van der Waals surface area contributed by atoms with Crippen molar-refractivity contribution in [2.24, 2.45) is 35.5 Å². The van der Waals surface area contributed by atoms with E-state index in [2.05, 4.69) is 31.9 Å². The molecular formula is C65H118N12O15. The van der Waals surface area contributed by atoms with Gasteiger partial charge in [0, 0.05) is 48.8 Å². The fourth-order valence-electron chi connectivity index (χ4n) is 10.6. The fourth-order valence-corrected chi connectivity index (χ4v) is 10.6. The largest absolute Gasteiger partial charge is 0.480 e. The number of likely N-dealkylation sites (N-methyl/N-ethyl adjacent to an activating group) is 7. The third kappa shape index (κ3) is 27.0. The molecule has 0 aromatic heterocycles. The van der Waals surface area contributed by atoms with E-state index in [1.54, 1.807) is 88.4 Å². The third-order valence-corrected chi connectivity index (χ3v) is 16.0. The molecule has 0 aliphatic carbocycles. The van der Waals surface area contributed by atoms with E-state index in [-0.39, 0.29) is 56.4 Å². The average Bonchev–Trinajstić information content (AvgIpc) is 0.826. The molecule has 0 radical (unpaired) electrons. The zero-order chi connectivity index (χ0) is 71.7. The summed E-state index contributed by atoms with van der Waals surface area (Å²) in [6, 6.07) is -11.9. The van der Waals surface area contributed by atoms with Gasteiger partial charge in [0.1, 0.15) is 66.5 Å². The van der Waals surface area contributed by atoms with Gasteiger partial charge in [-0.05, 0) is 123 Å². The lowest BCUT2D eigenvalue weighted by molar-refractivity contribution is -0.157. The van der Waals surface area contributed by atoms with Crippen LogP contribution in [0.4, 0.5) is 4.79 Å². The van der Waals surface area contributed by atoms with Crippen molar-refractivity contribution in [1.82, 2.24) is 61.3 Å². The molecule has 0 rings (SSSR count). The van der Waals surface area contributed by atoms with Crippen molar-refractivity contribution in [2.45, 2.75) is 235 Å². The Hall–Kier alpha value is -6.90. The summed E-state index contributed by atoms with van der Waals surface area (Å²) in [7, 11) is 9.87. The van der Waals surface area contributed by atoms with Gasteiger partial charge in [0.15, 0.2) is 0 Å². The van der Waals surface area contributed by atoms with Crippen LogP contribution < -0.4 is 31.9 Å². The number of ether oxygens (including phenoxy) is 1. The lowest BCUT2D eigenvalue weighted by Crippen LogP contribution is -2.63. The molecule has 27 nitrogen and oxygen atoms in total. The number of aliphatic carboxylic acids is 1. The highest BCUT2D eigenvalue weighted by Crippen LogP contribution is 2.25. The summed E-state index contributed by atoms with van der Waals surface area (Å²) in [5.74, 6) is -10.1.